The van der Waals surface area contributed by atoms with Gasteiger partial charge in [-0.2, -0.15) is 0 Å². The lowest BCUT2D eigenvalue weighted by atomic mass is 9.89. The van der Waals surface area contributed by atoms with Crippen molar-refractivity contribution in [2.24, 2.45) is 5.92 Å². The number of likely N-dealkylation sites (N-methyl/N-ethyl adjacent to an activating group) is 1. The van der Waals surface area contributed by atoms with E-state index in [-0.39, 0.29) is 0 Å². The number of rotatable bonds is 4. The summed E-state index contributed by atoms with van der Waals surface area (Å²) in [7, 11) is 2.21. The van der Waals surface area contributed by atoms with E-state index in [1.807, 2.05) is 0 Å². The monoisotopic (exact) mass is 240 g/mol. The summed E-state index contributed by atoms with van der Waals surface area (Å²) in [5.41, 5.74) is 0. The number of aliphatic hydroxyl groups is 1. The van der Waals surface area contributed by atoms with Crippen LogP contribution in [0.4, 0.5) is 0 Å². The van der Waals surface area contributed by atoms with Crippen LogP contribution in [0.5, 0.6) is 0 Å². The average molecular weight is 240 g/mol. The summed E-state index contributed by atoms with van der Waals surface area (Å²) in [4.78, 5) is 2.42. The molecule has 2 rings (SSSR count). The van der Waals surface area contributed by atoms with Gasteiger partial charge in [0.25, 0.3) is 0 Å². The largest absolute Gasteiger partial charge is 0.396 e. The fourth-order valence-corrected chi connectivity index (χ4v) is 3.56. The normalized spacial score (nSPS) is 32.8. The zero-order valence-electron chi connectivity index (χ0n) is 11.2. The Morgan fingerprint density at radius 1 is 1.12 bits per heavy atom. The van der Waals surface area contributed by atoms with E-state index in [9.17, 15) is 0 Å². The maximum atomic E-state index is 9.07. The van der Waals surface area contributed by atoms with E-state index in [0.717, 1.165) is 19.0 Å². The van der Waals surface area contributed by atoms with E-state index in [1.165, 1.54) is 45.1 Å². The Balaban J connectivity index is 1.78. The van der Waals surface area contributed by atoms with Crippen LogP contribution >= 0.6 is 0 Å². The zero-order valence-corrected chi connectivity index (χ0v) is 11.2. The van der Waals surface area contributed by atoms with Crippen molar-refractivity contribution in [2.45, 2.75) is 57.0 Å². The minimum absolute atomic E-state index is 0.342. The van der Waals surface area contributed by atoms with Crippen molar-refractivity contribution in [2.75, 3.05) is 26.7 Å². The first kappa shape index (κ1) is 13.3. The van der Waals surface area contributed by atoms with Crippen molar-refractivity contribution in [3.8, 4) is 0 Å². The molecule has 0 spiro atoms. The van der Waals surface area contributed by atoms with Crippen LogP contribution in [0.15, 0.2) is 0 Å². The predicted molar refractivity (Wildman–Crippen MR) is 71.1 cm³/mol. The van der Waals surface area contributed by atoms with Gasteiger partial charge in [-0.25, -0.2) is 0 Å². The SMILES string of the molecule is CN1CC(CCO)CC(NC2CCCCC2)C1. The lowest BCUT2D eigenvalue weighted by Gasteiger charge is -2.38. The third-order valence-corrected chi connectivity index (χ3v) is 4.33. The number of nitrogens with one attached hydrogen (secondary N) is 1. The van der Waals surface area contributed by atoms with Gasteiger partial charge in [-0.3, -0.25) is 0 Å². The molecule has 2 atom stereocenters. The summed E-state index contributed by atoms with van der Waals surface area (Å²) in [6.07, 6.45) is 9.18. The zero-order chi connectivity index (χ0) is 12.1. The van der Waals surface area contributed by atoms with Gasteiger partial charge in [0.05, 0.1) is 0 Å². The molecule has 0 aromatic heterocycles. The summed E-state index contributed by atoms with van der Waals surface area (Å²) < 4.78 is 0. The van der Waals surface area contributed by atoms with Crippen molar-refractivity contribution >= 4 is 0 Å². The van der Waals surface area contributed by atoms with Gasteiger partial charge in [0.1, 0.15) is 0 Å². The third-order valence-electron chi connectivity index (χ3n) is 4.33. The number of piperidine rings is 1. The molecule has 2 unspecified atom stereocenters. The molecule has 1 aliphatic carbocycles. The Kier molecular flexibility index (Phi) is 5.26. The van der Waals surface area contributed by atoms with Crippen molar-refractivity contribution in [3.63, 3.8) is 0 Å². The highest BCUT2D eigenvalue weighted by molar-refractivity contribution is 4.85. The molecule has 3 heteroatoms. The fourth-order valence-electron chi connectivity index (χ4n) is 3.56. The molecule has 2 N–H and O–H groups in total. The van der Waals surface area contributed by atoms with Gasteiger partial charge in [-0.1, -0.05) is 19.3 Å². The molecule has 1 heterocycles. The van der Waals surface area contributed by atoms with Crippen LogP contribution in [0.3, 0.4) is 0 Å². The van der Waals surface area contributed by atoms with Gasteiger partial charge < -0.3 is 15.3 Å². The van der Waals surface area contributed by atoms with Crippen molar-refractivity contribution < 1.29 is 5.11 Å². The molecule has 2 fully saturated rings. The van der Waals surface area contributed by atoms with Crippen LogP contribution in [0.1, 0.15) is 44.9 Å². The number of hydrogen-bond acceptors (Lipinski definition) is 3. The molecule has 100 valence electrons. The quantitative estimate of drug-likeness (QED) is 0.784. The van der Waals surface area contributed by atoms with Gasteiger partial charge in [-0.05, 0) is 38.6 Å². The van der Waals surface area contributed by atoms with Gasteiger partial charge >= 0.3 is 0 Å². The number of hydrogen-bond donors (Lipinski definition) is 2. The highest BCUT2D eigenvalue weighted by atomic mass is 16.3. The average Bonchev–Trinajstić information content (AvgIpc) is 2.30. The lowest BCUT2D eigenvalue weighted by Crippen LogP contribution is -2.51. The Morgan fingerprint density at radius 3 is 2.59 bits per heavy atom. The molecule has 17 heavy (non-hydrogen) atoms. The van der Waals surface area contributed by atoms with Crippen LogP contribution in [0, 0.1) is 5.92 Å². The lowest BCUT2D eigenvalue weighted by molar-refractivity contribution is 0.133. The molecule has 0 bridgehead atoms. The van der Waals surface area contributed by atoms with Crippen LogP contribution in [0.2, 0.25) is 0 Å². The maximum absolute atomic E-state index is 9.07. The second-order valence-corrected chi connectivity index (χ2v) is 6.03. The van der Waals surface area contributed by atoms with Gasteiger partial charge in [0.15, 0.2) is 0 Å². The number of nitrogens with zero attached hydrogens (tertiary/aromatic N) is 1. The van der Waals surface area contributed by atoms with E-state index in [1.54, 1.807) is 0 Å². The Bertz CT molecular complexity index is 216. The Morgan fingerprint density at radius 2 is 1.88 bits per heavy atom. The van der Waals surface area contributed by atoms with Gasteiger partial charge in [-0.15, -0.1) is 0 Å². The molecule has 0 amide bonds. The standard InChI is InChI=1S/C14H28N2O/c1-16-10-12(7-8-17)9-14(11-16)15-13-5-3-2-4-6-13/h12-15,17H,2-11H2,1H3. The van der Waals surface area contributed by atoms with Crippen LogP contribution in [0.25, 0.3) is 0 Å². The van der Waals surface area contributed by atoms with Gasteiger partial charge in [0.2, 0.25) is 0 Å². The van der Waals surface area contributed by atoms with Crippen LogP contribution in [-0.4, -0.2) is 48.8 Å². The maximum Gasteiger partial charge on any atom is 0.0434 e. The fraction of sp³-hybridized carbons (Fsp3) is 1.00. The van der Waals surface area contributed by atoms with E-state index < -0.39 is 0 Å². The Hall–Kier alpha value is -0.120. The molecular weight excluding hydrogens is 212 g/mol. The number of likely N-dealkylation sites (tertiary alicyclic amines) is 1. The first-order chi connectivity index (χ1) is 8.28. The number of aliphatic hydroxyl groups excluding tert-OH is 1. The second kappa shape index (κ2) is 6.72. The molecule has 0 aromatic carbocycles. The molecule has 1 saturated heterocycles. The topological polar surface area (TPSA) is 35.5 Å². The predicted octanol–water partition coefficient (Wildman–Crippen LogP) is 1.61. The summed E-state index contributed by atoms with van der Waals surface area (Å²) in [6.45, 7) is 2.68. The second-order valence-electron chi connectivity index (χ2n) is 6.03. The summed E-state index contributed by atoms with van der Waals surface area (Å²) in [6, 6.07) is 1.41. The molecule has 2 aliphatic rings. The molecule has 1 aliphatic heterocycles. The van der Waals surface area contributed by atoms with Crippen molar-refractivity contribution in [1.82, 2.24) is 10.2 Å². The molecule has 1 saturated carbocycles. The van der Waals surface area contributed by atoms with E-state index in [4.69, 9.17) is 5.11 Å². The van der Waals surface area contributed by atoms with Crippen LogP contribution < -0.4 is 5.32 Å². The van der Waals surface area contributed by atoms with Crippen molar-refractivity contribution in [1.29, 1.82) is 0 Å². The highest BCUT2D eigenvalue weighted by Gasteiger charge is 2.26. The third kappa shape index (κ3) is 4.23. The van der Waals surface area contributed by atoms with E-state index >= 15 is 0 Å². The first-order valence-corrected chi connectivity index (χ1v) is 7.33. The highest BCUT2D eigenvalue weighted by Crippen LogP contribution is 2.22. The summed E-state index contributed by atoms with van der Waals surface area (Å²) in [5.74, 6) is 0.680. The molecule has 3 nitrogen and oxygen atoms in total. The Labute approximate surface area is 106 Å². The van der Waals surface area contributed by atoms with E-state index in [2.05, 4.69) is 17.3 Å². The minimum atomic E-state index is 0.342. The smallest absolute Gasteiger partial charge is 0.0434 e. The van der Waals surface area contributed by atoms with Crippen molar-refractivity contribution in [3.05, 3.63) is 0 Å². The summed E-state index contributed by atoms with van der Waals surface area (Å²) in [5, 5.41) is 12.9. The van der Waals surface area contributed by atoms with E-state index in [0.29, 0.717) is 18.6 Å². The minimum Gasteiger partial charge on any atom is -0.396 e. The van der Waals surface area contributed by atoms with Gasteiger partial charge in [0, 0.05) is 31.8 Å². The molecule has 0 radical (unpaired) electrons. The molecule has 0 aromatic rings. The summed E-state index contributed by atoms with van der Waals surface area (Å²) >= 11 is 0. The van der Waals surface area contributed by atoms with Crippen LogP contribution in [-0.2, 0) is 0 Å². The first-order valence-electron chi connectivity index (χ1n) is 7.33. The molecular formula is C14H28N2O.